The first-order valence-electron chi connectivity index (χ1n) is 20.3. The van der Waals surface area contributed by atoms with Gasteiger partial charge in [0, 0.05) is 39.3 Å². The van der Waals surface area contributed by atoms with Crippen LogP contribution in [0.4, 0.5) is 17.1 Å². The van der Waals surface area contributed by atoms with E-state index < -0.39 is 5.41 Å². The van der Waals surface area contributed by atoms with Gasteiger partial charge >= 0.3 is 0 Å². The molecule has 1 aromatic heterocycles. The number of anilines is 3. The SMILES string of the molecule is CC1(C)c2ccccc2-c2cc(N(c3ccc4c(c3)C(c3ccccc3)(c3ccccc3)c3c-4ccc4ccccc34)c3ccc4c(c3)oc3ccccc34)ccc21. The van der Waals surface area contributed by atoms with Crippen LogP contribution in [0.2, 0.25) is 0 Å². The molecule has 0 saturated heterocycles. The zero-order chi connectivity index (χ0) is 38.6. The van der Waals surface area contributed by atoms with Gasteiger partial charge in [-0.05, 0) is 109 Å². The highest BCUT2D eigenvalue weighted by Gasteiger charge is 2.47. The Morgan fingerprint density at radius 2 is 0.948 bits per heavy atom. The van der Waals surface area contributed by atoms with E-state index in [0.29, 0.717) is 0 Å². The fourth-order valence-corrected chi connectivity index (χ4v) is 10.5. The highest BCUT2D eigenvalue weighted by atomic mass is 16.3. The van der Waals surface area contributed by atoms with Gasteiger partial charge in [-0.3, -0.25) is 0 Å². The molecule has 1 heterocycles. The van der Waals surface area contributed by atoms with Crippen LogP contribution in [0.5, 0.6) is 0 Å². The molecule has 2 aliphatic rings. The summed E-state index contributed by atoms with van der Waals surface area (Å²) in [6, 6.07) is 73.9. The van der Waals surface area contributed by atoms with Gasteiger partial charge in [0.05, 0.1) is 5.41 Å². The molecule has 0 amide bonds. The summed E-state index contributed by atoms with van der Waals surface area (Å²) in [6.45, 7) is 4.69. The van der Waals surface area contributed by atoms with Crippen molar-refractivity contribution in [2.24, 2.45) is 0 Å². The van der Waals surface area contributed by atoms with Crippen molar-refractivity contribution in [2.75, 3.05) is 4.90 Å². The predicted octanol–water partition coefficient (Wildman–Crippen LogP) is 14.9. The molecule has 2 aliphatic carbocycles. The molecule has 0 aliphatic heterocycles. The second kappa shape index (κ2) is 12.2. The number of hydrogen-bond acceptors (Lipinski definition) is 2. The normalized spacial score (nSPS) is 14.3. The molecular formula is C56H39NO. The first-order valence-corrected chi connectivity index (χ1v) is 20.3. The van der Waals surface area contributed by atoms with Crippen molar-refractivity contribution >= 4 is 49.8 Å². The molecule has 0 atom stereocenters. The van der Waals surface area contributed by atoms with Gasteiger partial charge in [0.25, 0.3) is 0 Å². The first-order chi connectivity index (χ1) is 28.5. The van der Waals surface area contributed by atoms with Crippen molar-refractivity contribution in [1.82, 2.24) is 0 Å². The number of nitrogens with zero attached hydrogens (tertiary/aromatic N) is 1. The van der Waals surface area contributed by atoms with Gasteiger partial charge in [-0.1, -0.05) is 166 Å². The van der Waals surface area contributed by atoms with Crippen molar-refractivity contribution in [3.05, 3.63) is 234 Å². The molecule has 0 radical (unpaired) electrons. The van der Waals surface area contributed by atoms with E-state index in [2.05, 4.69) is 213 Å². The van der Waals surface area contributed by atoms with Gasteiger partial charge in [0.1, 0.15) is 11.2 Å². The van der Waals surface area contributed by atoms with Crippen LogP contribution in [0, 0.1) is 0 Å². The summed E-state index contributed by atoms with van der Waals surface area (Å²) >= 11 is 0. The summed E-state index contributed by atoms with van der Waals surface area (Å²) in [5.41, 5.74) is 17.3. The summed E-state index contributed by atoms with van der Waals surface area (Å²) in [4.78, 5) is 2.43. The maximum atomic E-state index is 6.54. The summed E-state index contributed by atoms with van der Waals surface area (Å²) in [7, 11) is 0. The van der Waals surface area contributed by atoms with Crippen LogP contribution in [-0.2, 0) is 10.8 Å². The lowest BCUT2D eigenvalue weighted by atomic mass is 9.66. The molecule has 2 nitrogen and oxygen atoms in total. The third kappa shape index (κ3) is 4.49. The van der Waals surface area contributed by atoms with Crippen LogP contribution in [-0.4, -0.2) is 0 Å². The topological polar surface area (TPSA) is 16.4 Å². The fraction of sp³-hybridized carbons (Fsp3) is 0.0714. The standard InChI is InChI=1S/C56H39NO/c1-55(2)49-23-13-11-21-43(49)48-33-39(28-32-50(48)55)57(41-27-31-46-45-22-12-14-24-52(45)58-53(46)35-41)40-26-30-44-47-29-25-36-15-9-10-20-42(36)54(47)56(51(44)34-40,37-16-5-3-6-17-37)38-18-7-4-8-19-38/h3-35H,1-2H3. The van der Waals surface area contributed by atoms with Crippen LogP contribution in [0.3, 0.4) is 0 Å². The highest BCUT2D eigenvalue weighted by molar-refractivity contribution is 6.06. The summed E-state index contributed by atoms with van der Waals surface area (Å²) in [5.74, 6) is 0. The molecule has 0 N–H and O–H groups in total. The molecule has 0 unspecified atom stereocenters. The minimum atomic E-state index is -0.570. The lowest BCUT2D eigenvalue weighted by molar-refractivity contribution is 0.660. The second-order valence-electron chi connectivity index (χ2n) is 16.4. The molecule has 0 fully saturated rings. The average molecular weight is 742 g/mol. The maximum absolute atomic E-state index is 6.54. The van der Waals surface area contributed by atoms with Crippen molar-refractivity contribution in [3.63, 3.8) is 0 Å². The Balaban J connectivity index is 1.15. The third-order valence-corrected chi connectivity index (χ3v) is 13.1. The van der Waals surface area contributed by atoms with Crippen LogP contribution in [0.1, 0.15) is 47.2 Å². The Morgan fingerprint density at radius 1 is 0.379 bits per heavy atom. The van der Waals surface area contributed by atoms with E-state index in [-0.39, 0.29) is 5.41 Å². The van der Waals surface area contributed by atoms with Gasteiger partial charge in [0.15, 0.2) is 0 Å². The van der Waals surface area contributed by atoms with Gasteiger partial charge in [0.2, 0.25) is 0 Å². The van der Waals surface area contributed by atoms with E-state index >= 15 is 0 Å². The zero-order valence-electron chi connectivity index (χ0n) is 32.4. The van der Waals surface area contributed by atoms with Gasteiger partial charge in [-0.15, -0.1) is 0 Å². The van der Waals surface area contributed by atoms with Crippen molar-refractivity contribution in [2.45, 2.75) is 24.7 Å². The smallest absolute Gasteiger partial charge is 0.137 e. The Bertz CT molecular complexity index is 3220. The third-order valence-electron chi connectivity index (χ3n) is 13.1. The minimum Gasteiger partial charge on any atom is -0.456 e. The van der Waals surface area contributed by atoms with E-state index in [0.717, 1.165) is 39.0 Å². The van der Waals surface area contributed by atoms with Crippen molar-refractivity contribution in [3.8, 4) is 22.3 Å². The molecule has 2 heteroatoms. The molecule has 58 heavy (non-hydrogen) atoms. The molecule has 274 valence electrons. The number of hydrogen-bond donors (Lipinski definition) is 0. The number of benzene rings is 9. The molecular weight excluding hydrogens is 703 g/mol. The highest BCUT2D eigenvalue weighted by Crippen LogP contribution is 2.59. The molecule has 9 aromatic carbocycles. The van der Waals surface area contributed by atoms with Gasteiger partial charge < -0.3 is 9.32 Å². The number of furan rings is 1. The zero-order valence-corrected chi connectivity index (χ0v) is 32.4. The lowest BCUT2D eigenvalue weighted by Crippen LogP contribution is -2.29. The van der Waals surface area contributed by atoms with Crippen molar-refractivity contribution < 1.29 is 4.42 Å². The lowest BCUT2D eigenvalue weighted by Gasteiger charge is -2.35. The monoisotopic (exact) mass is 741 g/mol. The Morgan fingerprint density at radius 3 is 1.76 bits per heavy atom. The molecule has 0 bridgehead atoms. The Labute approximate surface area is 338 Å². The first kappa shape index (κ1) is 33.0. The summed E-state index contributed by atoms with van der Waals surface area (Å²) in [6.07, 6.45) is 0. The predicted molar refractivity (Wildman–Crippen MR) is 241 cm³/mol. The molecule has 0 spiro atoms. The van der Waals surface area contributed by atoms with Crippen molar-refractivity contribution in [1.29, 1.82) is 0 Å². The van der Waals surface area contributed by atoms with Crippen LogP contribution in [0.15, 0.2) is 205 Å². The van der Waals surface area contributed by atoms with Gasteiger partial charge in [-0.2, -0.15) is 0 Å². The second-order valence-corrected chi connectivity index (χ2v) is 16.4. The Kier molecular flexibility index (Phi) is 6.93. The van der Waals surface area contributed by atoms with E-state index in [1.54, 1.807) is 0 Å². The largest absolute Gasteiger partial charge is 0.456 e. The van der Waals surface area contributed by atoms with E-state index in [1.165, 1.54) is 66.4 Å². The van der Waals surface area contributed by atoms with Gasteiger partial charge in [-0.25, -0.2) is 0 Å². The minimum absolute atomic E-state index is 0.0877. The molecule has 10 aromatic rings. The average Bonchev–Trinajstić information content (AvgIpc) is 3.88. The summed E-state index contributed by atoms with van der Waals surface area (Å²) < 4.78 is 6.54. The Hall–Kier alpha value is -7.16. The maximum Gasteiger partial charge on any atom is 0.137 e. The van der Waals surface area contributed by atoms with Crippen LogP contribution in [0.25, 0.3) is 55.0 Å². The molecule has 0 saturated carbocycles. The quantitative estimate of drug-likeness (QED) is 0.175. The van der Waals surface area contributed by atoms with Crippen LogP contribution < -0.4 is 4.90 Å². The number of rotatable bonds is 5. The van der Waals surface area contributed by atoms with E-state index in [4.69, 9.17) is 4.42 Å². The number of fused-ring (bicyclic) bond motifs is 11. The molecule has 12 rings (SSSR count). The fourth-order valence-electron chi connectivity index (χ4n) is 10.5. The number of para-hydroxylation sites is 1. The van der Waals surface area contributed by atoms with Crippen LogP contribution >= 0.6 is 0 Å². The van der Waals surface area contributed by atoms with E-state index in [1.807, 2.05) is 6.07 Å². The van der Waals surface area contributed by atoms with E-state index in [9.17, 15) is 0 Å². The summed E-state index contributed by atoms with van der Waals surface area (Å²) in [5, 5.41) is 4.77.